The molecule has 1 nitrogen and oxygen atoms in total. The largest absolute Gasteiger partial charge is 0.314 e. The Balaban J connectivity index is 1.91. The first kappa shape index (κ1) is 8.06. The van der Waals surface area contributed by atoms with Gasteiger partial charge in [-0.2, -0.15) is 0 Å². The van der Waals surface area contributed by atoms with E-state index in [0.717, 1.165) is 6.04 Å². The second-order valence-corrected chi connectivity index (χ2v) is 3.29. The summed E-state index contributed by atoms with van der Waals surface area (Å²) in [4.78, 5) is 0. The average molecular weight is 141 g/mol. The highest BCUT2D eigenvalue weighted by Crippen LogP contribution is 2.12. The predicted molar refractivity (Wildman–Crippen MR) is 45.2 cm³/mol. The van der Waals surface area contributed by atoms with E-state index in [4.69, 9.17) is 0 Å². The molecule has 0 aromatic heterocycles. The molecule has 0 saturated carbocycles. The summed E-state index contributed by atoms with van der Waals surface area (Å²) in [6.45, 7) is 3.53. The van der Waals surface area contributed by atoms with Crippen LogP contribution in [0.3, 0.4) is 0 Å². The highest BCUT2D eigenvalue weighted by molar-refractivity contribution is 4.73. The Morgan fingerprint density at radius 2 is 2.30 bits per heavy atom. The maximum atomic E-state index is 3.52. The molecular weight excluding hydrogens is 122 g/mol. The molecule has 0 aromatic rings. The van der Waals surface area contributed by atoms with E-state index in [9.17, 15) is 0 Å². The molecule has 1 fully saturated rings. The lowest BCUT2D eigenvalue weighted by atomic mass is 10.1. The van der Waals surface area contributed by atoms with Gasteiger partial charge < -0.3 is 5.32 Å². The van der Waals surface area contributed by atoms with E-state index in [0.29, 0.717) is 0 Å². The van der Waals surface area contributed by atoms with E-state index in [-0.39, 0.29) is 0 Å². The highest BCUT2D eigenvalue weighted by atomic mass is 14.9. The smallest absolute Gasteiger partial charge is 0.00675 e. The van der Waals surface area contributed by atoms with Crippen LogP contribution in [0.25, 0.3) is 0 Å². The van der Waals surface area contributed by atoms with Gasteiger partial charge in [0.05, 0.1) is 0 Å². The third-order valence-corrected chi connectivity index (χ3v) is 2.32. The molecule has 0 amide bonds. The van der Waals surface area contributed by atoms with Crippen molar-refractivity contribution in [1.82, 2.24) is 5.32 Å². The van der Waals surface area contributed by atoms with Crippen molar-refractivity contribution in [1.29, 1.82) is 0 Å². The summed E-state index contributed by atoms with van der Waals surface area (Å²) in [6, 6.07) is 0.867. The molecule has 1 aliphatic heterocycles. The summed E-state index contributed by atoms with van der Waals surface area (Å²) in [5.41, 5.74) is 0. The van der Waals surface area contributed by atoms with Gasteiger partial charge in [0, 0.05) is 6.04 Å². The number of nitrogens with one attached hydrogen (secondary N) is 1. The minimum absolute atomic E-state index is 0.867. The normalized spacial score (nSPS) is 25.5. The maximum absolute atomic E-state index is 3.52. The first-order valence-corrected chi connectivity index (χ1v) is 4.67. The molecule has 10 heavy (non-hydrogen) atoms. The minimum Gasteiger partial charge on any atom is -0.314 e. The number of hydrogen-bond donors (Lipinski definition) is 1. The average Bonchev–Trinajstić information content (AvgIpc) is 2.41. The van der Waals surface area contributed by atoms with Crippen molar-refractivity contribution in [3.8, 4) is 0 Å². The van der Waals surface area contributed by atoms with E-state index in [2.05, 4.69) is 12.2 Å². The topological polar surface area (TPSA) is 12.0 Å². The zero-order valence-corrected chi connectivity index (χ0v) is 7.03. The van der Waals surface area contributed by atoms with E-state index in [1.165, 1.54) is 45.1 Å². The second-order valence-electron chi connectivity index (χ2n) is 3.29. The van der Waals surface area contributed by atoms with Gasteiger partial charge in [-0.05, 0) is 25.8 Å². The molecule has 0 bridgehead atoms. The van der Waals surface area contributed by atoms with Crippen LogP contribution >= 0.6 is 0 Å². The number of unbranched alkanes of at least 4 members (excludes halogenated alkanes) is 2. The fourth-order valence-electron chi connectivity index (χ4n) is 1.64. The van der Waals surface area contributed by atoms with Gasteiger partial charge in [0.1, 0.15) is 0 Å². The van der Waals surface area contributed by atoms with Gasteiger partial charge >= 0.3 is 0 Å². The Bertz CT molecular complexity index is 74.8. The third kappa shape index (κ3) is 2.70. The van der Waals surface area contributed by atoms with Gasteiger partial charge in [0.25, 0.3) is 0 Å². The Kier molecular flexibility index (Phi) is 3.81. The summed E-state index contributed by atoms with van der Waals surface area (Å²) in [6.07, 6.45) is 8.42. The molecular formula is C9H19N. The molecule has 0 radical (unpaired) electrons. The molecule has 60 valence electrons. The molecule has 1 atom stereocenters. The van der Waals surface area contributed by atoms with Crippen LogP contribution < -0.4 is 5.32 Å². The SMILES string of the molecule is CCCCC[C@H]1CCCN1. The third-order valence-electron chi connectivity index (χ3n) is 2.32. The number of hydrogen-bond acceptors (Lipinski definition) is 1. The van der Waals surface area contributed by atoms with Crippen molar-refractivity contribution in [2.45, 2.75) is 51.5 Å². The molecule has 1 saturated heterocycles. The summed E-state index contributed by atoms with van der Waals surface area (Å²) in [7, 11) is 0. The maximum Gasteiger partial charge on any atom is 0.00675 e. The van der Waals surface area contributed by atoms with Crippen LogP contribution in [-0.4, -0.2) is 12.6 Å². The van der Waals surface area contributed by atoms with Crippen molar-refractivity contribution < 1.29 is 0 Å². The lowest BCUT2D eigenvalue weighted by molar-refractivity contribution is 0.520. The van der Waals surface area contributed by atoms with Crippen LogP contribution in [0.5, 0.6) is 0 Å². The number of rotatable bonds is 4. The van der Waals surface area contributed by atoms with Crippen LogP contribution in [0.15, 0.2) is 0 Å². The first-order valence-electron chi connectivity index (χ1n) is 4.67. The van der Waals surface area contributed by atoms with E-state index in [1.54, 1.807) is 0 Å². The van der Waals surface area contributed by atoms with Crippen LogP contribution in [-0.2, 0) is 0 Å². The molecule has 1 N–H and O–H groups in total. The molecule has 0 spiro atoms. The summed E-state index contributed by atoms with van der Waals surface area (Å²) >= 11 is 0. The van der Waals surface area contributed by atoms with Crippen molar-refractivity contribution >= 4 is 0 Å². The lowest BCUT2D eigenvalue weighted by Crippen LogP contribution is -2.20. The van der Waals surface area contributed by atoms with Crippen LogP contribution in [0.2, 0.25) is 0 Å². The fraction of sp³-hybridized carbons (Fsp3) is 1.00. The molecule has 1 aliphatic rings. The second kappa shape index (κ2) is 4.73. The molecule has 1 rings (SSSR count). The zero-order chi connectivity index (χ0) is 7.23. The summed E-state index contributed by atoms with van der Waals surface area (Å²) in [5.74, 6) is 0. The van der Waals surface area contributed by atoms with E-state index < -0.39 is 0 Å². The Morgan fingerprint density at radius 3 is 2.90 bits per heavy atom. The molecule has 1 heteroatoms. The van der Waals surface area contributed by atoms with Crippen LogP contribution in [0, 0.1) is 0 Å². The van der Waals surface area contributed by atoms with Gasteiger partial charge in [-0.15, -0.1) is 0 Å². The zero-order valence-electron chi connectivity index (χ0n) is 7.03. The Labute approximate surface area is 64.2 Å². The van der Waals surface area contributed by atoms with Gasteiger partial charge in [0.15, 0.2) is 0 Å². The monoisotopic (exact) mass is 141 g/mol. The van der Waals surface area contributed by atoms with Crippen molar-refractivity contribution in [3.63, 3.8) is 0 Å². The summed E-state index contributed by atoms with van der Waals surface area (Å²) in [5, 5.41) is 3.52. The highest BCUT2D eigenvalue weighted by Gasteiger charge is 2.12. The standard InChI is InChI=1S/C9H19N/c1-2-3-4-6-9-7-5-8-10-9/h9-10H,2-8H2,1H3/t9-/m0/s1. The van der Waals surface area contributed by atoms with Gasteiger partial charge in [0.2, 0.25) is 0 Å². The quantitative estimate of drug-likeness (QED) is 0.592. The van der Waals surface area contributed by atoms with Gasteiger partial charge in [-0.1, -0.05) is 26.2 Å². The molecule has 0 unspecified atom stereocenters. The molecule has 0 aromatic carbocycles. The van der Waals surface area contributed by atoms with Crippen molar-refractivity contribution in [3.05, 3.63) is 0 Å². The van der Waals surface area contributed by atoms with E-state index in [1.807, 2.05) is 0 Å². The van der Waals surface area contributed by atoms with Gasteiger partial charge in [-0.25, -0.2) is 0 Å². The van der Waals surface area contributed by atoms with Crippen LogP contribution in [0.1, 0.15) is 45.4 Å². The van der Waals surface area contributed by atoms with Crippen molar-refractivity contribution in [2.24, 2.45) is 0 Å². The minimum atomic E-state index is 0.867. The van der Waals surface area contributed by atoms with Crippen LogP contribution in [0.4, 0.5) is 0 Å². The molecule has 0 aliphatic carbocycles. The fourth-order valence-corrected chi connectivity index (χ4v) is 1.64. The Hall–Kier alpha value is -0.0400. The van der Waals surface area contributed by atoms with E-state index >= 15 is 0 Å². The Morgan fingerprint density at radius 1 is 1.40 bits per heavy atom. The predicted octanol–water partition coefficient (Wildman–Crippen LogP) is 2.32. The van der Waals surface area contributed by atoms with Gasteiger partial charge in [-0.3, -0.25) is 0 Å². The lowest BCUT2D eigenvalue weighted by Gasteiger charge is -2.07. The summed E-state index contributed by atoms with van der Waals surface area (Å²) < 4.78 is 0. The van der Waals surface area contributed by atoms with Crippen molar-refractivity contribution in [2.75, 3.05) is 6.54 Å². The molecule has 1 heterocycles. The first-order chi connectivity index (χ1) is 4.93.